The summed E-state index contributed by atoms with van der Waals surface area (Å²) in [6.07, 6.45) is 0.898. The molecule has 0 fully saturated rings. The lowest BCUT2D eigenvalue weighted by Crippen LogP contribution is -2.15. The molecule has 1 aliphatic rings. The molecule has 4 nitrogen and oxygen atoms in total. The molecule has 0 atom stereocenters. The van der Waals surface area contributed by atoms with Crippen molar-refractivity contribution < 1.29 is 4.74 Å². The number of nitrogens with one attached hydrogen (secondary N) is 1. The third kappa shape index (κ3) is 2.02. The van der Waals surface area contributed by atoms with Crippen molar-refractivity contribution in [2.24, 2.45) is 0 Å². The number of benzene rings is 1. The number of fused-ring (bicyclic) bond motifs is 2. The Bertz CT molecular complexity index is 622. The quantitative estimate of drug-likeness (QED) is 0.896. The van der Waals surface area contributed by atoms with E-state index in [1.807, 2.05) is 7.05 Å². The van der Waals surface area contributed by atoms with Crippen LogP contribution in [0.15, 0.2) is 18.2 Å². The van der Waals surface area contributed by atoms with E-state index in [1.165, 1.54) is 16.9 Å². The highest BCUT2D eigenvalue weighted by Gasteiger charge is 2.18. The van der Waals surface area contributed by atoms with E-state index in [4.69, 9.17) is 9.72 Å². The first-order valence-electron chi connectivity index (χ1n) is 6.59. The van der Waals surface area contributed by atoms with E-state index in [0.717, 1.165) is 29.6 Å². The number of hydrogen-bond acceptors (Lipinski definition) is 4. The minimum absolute atomic E-state index is 0.653. The predicted molar refractivity (Wildman–Crippen MR) is 79.0 cm³/mol. The fraction of sp³-hybridized carbons (Fsp3) is 0.400. The highest BCUT2D eigenvalue weighted by molar-refractivity contribution is 5.95. The Morgan fingerprint density at radius 1 is 1.32 bits per heavy atom. The van der Waals surface area contributed by atoms with Crippen molar-refractivity contribution in [1.29, 1.82) is 0 Å². The highest BCUT2D eigenvalue weighted by atomic mass is 16.5. The molecule has 0 saturated carbocycles. The summed E-state index contributed by atoms with van der Waals surface area (Å²) >= 11 is 0. The number of pyridine rings is 1. The molecule has 2 aromatic rings. The lowest BCUT2D eigenvalue weighted by atomic mass is 10.0. The molecular weight excluding hydrogens is 238 g/mol. The van der Waals surface area contributed by atoms with Gasteiger partial charge in [0, 0.05) is 44.2 Å². The van der Waals surface area contributed by atoms with Crippen LogP contribution in [0, 0.1) is 0 Å². The maximum atomic E-state index is 5.57. The SMILES string of the molecule is CNc1c2c(nc3ccc(N(C)C)cc13)CCOC2. The number of hydrogen-bond donors (Lipinski definition) is 1. The summed E-state index contributed by atoms with van der Waals surface area (Å²) in [7, 11) is 6.07. The third-order valence-electron chi connectivity index (χ3n) is 3.65. The van der Waals surface area contributed by atoms with Crippen molar-refractivity contribution in [1.82, 2.24) is 4.98 Å². The lowest BCUT2D eigenvalue weighted by molar-refractivity contribution is 0.110. The topological polar surface area (TPSA) is 37.4 Å². The van der Waals surface area contributed by atoms with Gasteiger partial charge in [-0.25, -0.2) is 0 Å². The molecule has 0 saturated heterocycles. The zero-order chi connectivity index (χ0) is 13.4. The smallest absolute Gasteiger partial charge is 0.0755 e. The fourth-order valence-corrected chi connectivity index (χ4v) is 2.61. The van der Waals surface area contributed by atoms with Gasteiger partial charge in [-0.3, -0.25) is 4.98 Å². The minimum atomic E-state index is 0.653. The van der Waals surface area contributed by atoms with Crippen LogP contribution in [0.2, 0.25) is 0 Å². The Hall–Kier alpha value is -1.81. The van der Waals surface area contributed by atoms with E-state index in [-0.39, 0.29) is 0 Å². The van der Waals surface area contributed by atoms with Crippen LogP contribution < -0.4 is 10.2 Å². The zero-order valence-electron chi connectivity index (χ0n) is 11.7. The van der Waals surface area contributed by atoms with E-state index >= 15 is 0 Å². The average Bonchev–Trinajstić information content (AvgIpc) is 2.44. The van der Waals surface area contributed by atoms with E-state index in [9.17, 15) is 0 Å². The van der Waals surface area contributed by atoms with Gasteiger partial charge in [-0.2, -0.15) is 0 Å². The second-order valence-corrected chi connectivity index (χ2v) is 5.06. The Kier molecular flexibility index (Phi) is 3.03. The highest BCUT2D eigenvalue weighted by Crippen LogP contribution is 2.33. The molecular formula is C15H19N3O. The maximum absolute atomic E-state index is 5.57. The zero-order valence-corrected chi connectivity index (χ0v) is 11.7. The molecule has 19 heavy (non-hydrogen) atoms. The van der Waals surface area contributed by atoms with Gasteiger partial charge in [-0.1, -0.05) is 0 Å². The molecule has 0 amide bonds. The standard InChI is InChI=1S/C15H19N3O/c1-16-15-11-8-10(18(2)3)4-5-13(11)17-14-6-7-19-9-12(14)15/h4-5,8H,6-7,9H2,1-3H3,(H,16,17). The Morgan fingerprint density at radius 2 is 2.16 bits per heavy atom. The lowest BCUT2D eigenvalue weighted by Gasteiger charge is -2.22. The summed E-state index contributed by atoms with van der Waals surface area (Å²) in [4.78, 5) is 6.89. The first-order chi connectivity index (χ1) is 9.20. The van der Waals surface area contributed by atoms with Gasteiger partial charge in [0.15, 0.2) is 0 Å². The van der Waals surface area contributed by atoms with Crippen LogP contribution in [-0.4, -0.2) is 32.7 Å². The number of anilines is 2. The first-order valence-corrected chi connectivity index (χ1v) is 6.59. The van der Waals surface area contributed by atoms with Crippen LogP contribution in [0.5, 0.6) is 0 Å². The monoisotopic (exact) mass is 257 g/mol. The normalized spacial score (nSPS) is 14.3. The van der Waals surface area contributed by atoms with Gasteiger partial charge in [0.25, 0.3) is 0 Å². The largest absolute Gasteiger partial charge is 0.387 e. The van der Waals surface area contributed by atoms with Gasteiger partial charge in [-0.05, 0) is 18.2 Å². The van der Waals surface area contributed by atoms with Crippen molar-refractivity contribution in [2.75, 3.05) is 38.0 Å². The van der Waals surface area contributed by atoms with Crippen LogP contribution in [0.25, 0.3) is 10.9 Å². The summed E-state index contributed by atoms with van der Waals surface area (Å²) in [5.74, 6) is 0. The maximum Gasteiger partial charge on any atom is 0.0755 e. The molecule has 4 heteroatoms. The Morgan fingerprint density at radius 3 is 2.89 bits per heavy atom. The van der Waals surface area contributed by atoms with Crippen molar-refractivity contribution in [2.45, 2.75) is 13.0 Å². The third-order valence-corrected chi connectivity index (χ3v) is 3.65. The number of rotatable bonds is 2. The van der Waals surface area contributed by atoms with Gasteiger partial charge in [0.2, 0.25) is 0 Å². The summed E-state index contributed by atoms with van der Waals surface area (Å²) in [5, 5.41) is 4.49. The van der Waals surface area contributed by atoms with Crippen LogP contribution in [0.1, 0.15) is 11.3 Å². The molecule has 0 unspecified atom stereocenters. The molecule has 0 bridgehead atoms. The number of nitrogens with zero attached hydrogens (tertiary/aromatic N) is 2. The van der Waals surface area contributed by atoms with Crippen molar-refractivity contribution in [3.05, 3.63) is 29.5 Å². The molecule has 3 rings (SSSR count). The van der Waals surface area contributed by atoms with E-state index in [0.29, 0.717) is 6.61 Å². The van der Waals surface area contributed by atoms with Crippen LogP contribution >= 0.6 is 0 Å². The van der Waals surface area contributed by atoms with Crippen LogP contribution in [-0.2, 0) is 17.8 Å². The molecule has 1 aromatic carbocycles. The molecule has 0 radical (unpaired) electrons. The summed E-state index contributed by atoms with van der Waals surface area (Å²) in [6, 6.07) is 6.39. The summed E-state index contributed by atoms with van der Waals surface area (Å²) in [5.41, 5.74) is 5.76. The molecule has 100 valence electrons. The molecule has 1 aliphatic heterocycles. The molecule has 2 heterocycles. The van der Waals surface area contributed by atoms with Gasteiger partial charge in [0.05, 0.1) is 30.1 Å². The van der Waals surface area contributed by atoms with Crippen molar-refractivity contribution in [3.8, 4) is 0 Å². The van der Waals surface area contributed by atoms with Crippen molar-refractivity contribution in [3.63, 3.8) is 0 Å². The van der Waals surface area contributed by atoms with Gasteiger partial charge in [0.1, 0.15) is 0 Å². The van der Waals surface area contributed by atoms with E-state index in [1.54, 1.807) is 0 Å². The number of aromatic nitrogens is 1. The Labute approximate surface area is 113 Å². The molecule has 0 aliphatic carbocycles. The van der Waals surface area contributed by atoms with Gasteiger partial charge in [-0.15, -0.1) is 0 Å². The second-order valence-electron chi connectivity index (χ2n) is 5.06. The second kappa shape index (κ2) is 4.70. The van der Waals surface area contributed by atoms with Crippen LogP contribution in [0.4, 0.5) is 11.4 Å². The van der Waals surface area contributed by atoms with E-state index in [2.05, 4.69) is 42.5 Å². The van der Waals surface area contributed by atoms with Gasteiger partial charge >= 0.3 is 0 Å². The molecule has 0 spiro atoms. The Balaban J connectivity index is 2.28. The first kappa shape index (κ1) is 12.2. The predicted octanol–water partition coefficient (Wildman–Crippen LogP) is 2.42. The molecule has 1 aromatic heterocycles. The summed E-state index contributed by atoms with van der Waals surface area (Å²) < 4.78 is 5.57. The summed E-state index contributed by atoms with van der Waals surface area (Å²) in [6.45, 7) is 1.42. The minimum Gasteiger partial charge on any atom is -0.387 e. The fourth-order valence-electron chi connectivity index (χ4n) is 2.61. The molecule has 1 N–H and O–H groups in total. The van der Waals surface area contributed by atoms with Crippen LogP contribution in [0.3, 0.4) is 0 Å². The van der Waals surface area contributed by atoms with Gasteiger partial charge < -0.3 is 15.0 Å². The van der Waals surface area contributed by atoms with Crippen molar-refractivity contribution >= 4 is 22.3 Å². The average molecular weight is 257 g/mol. The number of ether oxygens (including phenoxy) is 1. The van der Waals surface area contributed by atoms with E-state index < -0.39 is 0 Å².